The molecule has 0 amide bonds. The molecule has 11 nitrogen and oxygen atoms in total. The third-order valence-corrected chi connectivity index (χ3v) is 5.99. The maximum absolute atomic E-state index is 12.4. The molecule has 1 fully saturated rings. The first kappa shape index (κ1) is 22.6. The summed E-state index contributed by atoms with van der Waals surface area (Å²) in [6.45, 7) is 5.82. The van der Waals surface area contributed by atoms with Crippen molar-refractivity contribution in [3.05, 3.63) is 24.2 Å². The number of carbonyl (C=O) groups is 1. The molecular weight excluding hydrogens is 415 g/mol. The van der Waals surface area contributed by atoms with Crippen molar-refractivity contribution in [2.24, 2.45) is 5.92 Å². The number of hydrogen-bond donors (Lipinski definition) is 2. The Labute approximate surface area is 174 Å². The van der Waals surface area contributed by atoms with E-state index in [0.29, 0.717) is 17.0 Å². The molecule has 0 bridgehead atoms. The molecule has 12 heteroatoms. The molecule has 0 aliphatic carbocycles. The first-order valence-corrected chi connectivity index (χ1v) is 11.6. The van der Waals surface area contributed by atoms with E-state index in [-0.39, 0.29) is 18.6 Å². The fraction of sp³-hybridized carbons (Fsp3) is 0.611. The standard InChI is InChI=1S/C18H27N4O7P/c1-10(2)28-15(23)8-27-30(4,25)26-7-14-16(24)11(3)17(29-14)12-5-6-13-18(19)20-9-21-22(12)13/h5-6,9-11,14,16-17,24H,7-8H2,1-4H3,(H2,19,20,21)/t11-,14+,16-,17+,30?/m0/s1. The second-order valence-electron chi connectivity index (χ2n) is 7.52. The number of aliphatic hydroxyl groups excluding tert-OH is 1. The number of rotatable bonds is 8. The Hall–Kier alpha value is -2.04. The molecule has 1 unspecified atom stereocenters. The Balaban J connectivity index is 1.62. The van der Waals surface area contributed by atoms with Crippen molar-refractivity contribution in [2.75, 3.05) is 25.6 Å². The Morgan fingerprint density at radius 1 is 1.40 bits per heavy atom. The lowest BCUT2D eigenvalue weighted by Gasteiger charge is -2.19. The number of fused-ring (bicyclic) bond motifs is 1. The van der Waals surface area contributed by atoms with Crippen molar-refractivity contribution in [3.8, 4) is 0 Å². The summed E-state index contributed by atoms with van der Waals surface area (Å²) in [5, 5.41) is 14.8. The van der Waals surface area contributed by atoms with Gasteiger partial charge < -0.3 is 24.8 Å². The summed E-state index contributed by atoms with van der Waals surface area (Å²) in [5.41, 5.74) is 7.21. The lowest BCUT2D eigenvalue weighted by Crippen LogP contribution is -2.29. The van der Waals surface area contributed by atoms with E-state index in [2.05, 4.69) is 10.1 Å². The van der Waals surface area contributed by atoms with Gasteiger partial charge in [0.2, 0.25) is 0 Å². The number of anilines is 1. The number of aromatic nitrogens is 3. The summed E-state index contributed by atoms with van der Waals surface area (Å²) >= 11 is 0. The number of carbonyl (C=O) groups excluding carboxylic acids is 1. The minimum absolute atomic E-state index is 0.171. The quantitative estimate of drug-likeness (QED) is 0.456. The van der Waals surface area contributed by atoms with Gasteiger partial charge in [0.1, 0.15) is 24.1 Å². The van der Waals surface area contributed by atoms with Gasteiger partial charge in [-0.1, -0.05) is 6.92 Å². The zero-order valence-corrected chi connectivity index (χ0v) is 18.2. The number of esters is 1. The highest BCUT2D eigenvalue weighted by Gasteiger charge is 2.43. The maximum atomic E-state index is 12.4. The lowest BCUT2D eigenvalue weighted by molar-refractivity contribution is -0.150. The SMILES string of the molecule is CC(C)OC(=O)COP(C)(=O)OC[C@H]1O[C@@H](c2ccc3c(N)ncnn23)[C@@H](C)[C@@H]1O. The van der Waals surface area contributed by atoms with Crippen molar-refractivity contribution in [1.82, 2.24) is 14.6 Å². The van der Waals surface area contributed by atoms with Crippen molar-refractivity contribution in [1.29, 1.82) is 0 Å². The average molecular weight is 442 g/mol. The number of ether oxygens (including phenoxy) is 2. The van der Waals surface area contributed by atoms with Crippen LogP contribution in [0.4, 0.5) is 5.82 Å². The molecule has 1 aliphatic heterocycles. The zero-order valence-electron chi connectivity index (χ0n) is 17.3. The van der Waals surface area contributed by atoms with Gasteiger partial charge in [-0.15, -0.1) is 0 Å². The van der Waals surface area contributed by atoms with Crippen LogP contribution in [-0.2, 0) is 27.9 Å². The molecule has 166 valence electrons. The van der Waals surface area contributed by atoms with Gasteiger partial charge in [-0.25, -0.2) is 14.3 Å². The normalized spacial score (nSPS) is 26.2. The van der Waals surface area contributed by atoms with Crippen LogP contribution >= 0.6 is 7.60 Å². The largest absolute Gasteiger partial charge is 0.461 e. The van der Waals surface area contributed by atoms with Crippen LogP contribution in [0.25, 0.3) is 5.52 Å². The number of nitrogens with two attached hydrogens (primary N) is 1. The molecule has 5 atom stereocenters. The second-order valence-corrected chi connectivity index (χ2v) is 9.58. The van der Waals surface area contributed by atoms with Crippen LogP contribution < -0.4 is 5.73 Å². The predicted molar refractivity (Wildman–Crippen MR) is 107 cm³/mol. The molecule has 0 aromatic carbocycles. The third-order valence-electron chi connectivity index (χ3n) is 4.78. The van der Waals surface area contributed by atoms with E-state index in [1.165, 1.54) is 13.0 Å². The van der Waals surface area contributed by atoms with E-state index >= 15 is 0 Å². The van der Waals surface area contributed by atoms with Crippen LogP contribution in [-0.4, -0.2) is 63.9 Å². The molecule has 2 aromatic rings. The van der Waals surface area contributed by atoms with Gasteiger partial charge in [0.05, 0.1) is 24.5 Å². The van der Waals surface area contributed by atoms with Gasteiger partial charge in [-0.2, -0.15) is 5.10 Å². The molecule has 0 spiro atoms. The van der Waals surface area contributed by atoms with Crippen LogP contribution in [0.3, 0.4) is 0 Å². The van der Waals surface area contributed by atoms with Crippen LogP contribution in [0.5, 0.6) is 0 Å². The van der Waals surface area contributed by atoms with Crippen LogP contribution in [0.15, 0.2) is 18.5 Å². The predicted octanol–water partition coefficient (Wildman–Crippen LogP) is 1.56. The fourth-order valence-corrected chi connectivity index (χ4v) is 4.12. The molecule has 3 heterocycles. The highest BCUT2D eigenvalue weighted by molar-refractivity contribution is 7.53. The maximum Gasteiger partial charge on any atom is 0.332 e. The van der Waals surface area contributed by atoms with Gasteiger partial charge in [0.25, 0.3) is 0 Å². The molecular formula is C18H27N4O7P. The van der Waals surface area contributed by atoms with E-state index in [9.17, 15) is 14.5 Å². The van der Waals surface area contributed by atoms with Crippen LogP contribution in [0, 0.1) is 5.92 Å². The summed E-state index contributed by atoms with van der Waals surface area (Å²) < 4.78 is 35.4. The minimum atomic E-state index is -3.55. The molecule has 3 N–H and O–H groups in total. The van der Waals surface area contributed by atoms with Crippen molar-refractivity contribution in [3.63, 3.8) is 0 Å². The second kappa shape index (κ2) is 8.99. The molecule has 2 aromatic heterocycles. The van der Waals surface area contributed by atoms with Gasteiger partial charge in [0.15, 0.2) is 12.4 Å². The first-order valence-electron chi connectivity index (χ1n) is 9.56. The van der Waals surface area contributed by atoms with Gasteiger partial charge in [0, 0.05) is 12.6 Å². The van der Waals surface area contributed by atoms with E-state index in [4.69, 9.17) is 24.3 Å². The summed E-state index contributed by atoms with van der Waals surface area (Å²) in [5.74, 6) is -0.587. The van der Waals surface area contributed by atoms with E-state index in [1.807, 2.05) is 13.0 Å². The first-order chi connectivity index (χ1) is 14.1. The molecule has 1 aliphatic rings. The zero-order chi connectivity index (χ0) is 22.1. The molecule has 3 rings (SSSR count). The Morgan fingerprint density at radius 3 is 2.83 bits per heavy atom. The van der Waals surface area contributed by atoms with Gasteiger partial charge in [-0.05, 0) is 26.0 Å². The monoisotopic (exact) mass is 442 g/mol. The highest BCUT2D eigenvalue weighted by Crippen LogP contribution is 2.46. The number of aliphatic hydroxyl groups is 1. The summed E-state index contributed by atoms with van der Waals surface area (Å²) in [6, 6.07) is 3.59. The van der Waals surface area contributed by atoms with E-state index in [0.717, 1.165) is 0 Å². The Bertz CT molecular complexity index is 950. The summed E-state index contributed by atoms with van der Waals surface area (Å²) in [4.78, 5) is 15.5. The Kier molecular flexibility index (Phi) is 6.78. The molecule has 30 heavy (non-hydrogen) atoms. The summed E-state index contributed by atoms with van der Waals surface area (Å²) in [6.07, 6.45) is -1.05. The van der Waals surface area contributed by atoms with Gasteiger partial charge in [-0.3, -0.25) is 9.09 Å². The smallest absolute Gasteiger partial charge is 0.332 e. The molecule has 1 saturated heterocycles. The minimum Gasteiger partial charge on any atom is -0.461 e. The molecule has 0 radical (unpaired) electrons. The number of nitrogens with zero attached hydrogens (tertiary/aromatic N) is 3. The Morgan fingerprint density at radius 2 is 2.13 bits per heavy atom. The van der Waals surface area contributed by atoms with Crippen molar-refractivity contribution >= 4 is 24.9 Å². The third kappa shape index (κ3) is 4.98. The van der Waals surface area contributed by atoms with Crippen molar-refractivity contribution < 1.29 is 33.0 Å². The summed E-state index contributed by atoms with van der Waals surface area (Å²) in [7, 11) is -3.55. The van der Waals surface area contributed by atoms with E-state index in [1.54, 1.807) is 24.4 Å². The average Bonchev–Trinajstić information content (AvgIpc) is 3.21. The fourth-order valence-electron chi connectivity index (χ4n) is 3.29. The van der Waals surface area contributed by atoms with Crippen LogP contribution in [0.1, 0.15) is 32.6 Å². The number of nitrogen functional groups attached to an aromatic ring is 1. The van der Waals surface area contributed by atoms with Gasteiger partial charge >= 0.3 is 13.6 Å². The highest BCUT2D eigenvalue weighted by atomic mass is 31.2. The van der Waals surface area contributed by atoms with Crippen LogP contribution in [0.2, 0.25) is 0 Å². The molecule has 0 saturated carbocycles. The van der Waals surface area contributed by atoms with Crippen molar-refractivity contribution in [2.45, 2.75) is 45.2 Å². The lowest BCUT2D eigenvalue weighted by atomic mass is 9.97. The topological polar surface area (TPSA) is 148 Å². The van der Waals surface area contributed by atoms with E-state index < -0.39 is 38.5 Å². The number of hydrogen-bond acceptors (Lipinski definition) is 10.